The second-order valence-electron chi connectivity index (χ2n) is 7.30. The minimum atomic E-state index is -0.224. The average molecular weight is 420 g/mol. The van der Waals surface area contributed by atoms with Crippen molar-refractivity contribution in [1.29, 1.82) is 0 Å². The molecule has 0 aliphatic heterocycles. The molecule has 1 N–H and O–H groups in total. The van der Waals surface area contributed by atoms with Crippen LogP contribution in [0.2, 0.25) is 0 Å². The van der Waals surface area contributed by atoms with Gasteiger partial charge in [-0.15, -0.1) is 0 Å². The number of fused-ring (bicyclic) bond motifs is 1. The zero-order valence-electron chi connectivity index (χ0n) is 17.4. The fraction of sp³-hybridized carbons (Fsp3) is 0.0370. The van der Waals surface area contributed by atoms with E-state index in [1.165, 1.54) is 0 Å². The number of hydrogen-bond donors (Lipinski definition) is 1. The van der Waals surface area contributed by atoms with Crippen molar-refractivity contribution >= 4 is 22.7 Å². The van der Waals surface area contributed by atoms with Crippen molar-refractivity contribution in [3.63, 3.8) is 0 Å². The first kappa shape index (κ1) is 19.6. The predicted molar refractivity (Wildman–Crippen MR) is 126 cm³/mol. The van der Waals surface area contributed by atoms with Crippen LogP contribution in [0.4, 0.5) is 5.69 Å². The van der Waals surface area contributed by atoms with Gasteiger partial charge in [0.2, 0.25) is 5.89 Å². The third-order valence-corrected chi connectivity index (χ3v) is 5.24. The highest BCUT2D eigenvalue weighted by molar-refractivity contribution is 6.05. The minimum Gasteiger partial charge on any atom is -0.495 e. The molecule has 1 amide bonds. The molecule has 0 aliphatic carbocycles. The quantitative estimate of drug-likeness (QED) is 0.356. The zero-order valence-corrected chi connectivity index (χ0v) is 17.4. The molecule has 0 saturated carbocycles. The van der Waals surface area contributed by atoms with Gasteiger partial charge in [0, 0.05) is 11.1 Å². The van der Waals surface area contributed by atoms with Gasteiger partial charge in [-0.3, -0.25) is 4.79 Å². The Bertz CT molecular complexity index is 1360. The molecule has 32 heavy (non-hydrogen) atoms. The molecule has 4 aromatic carbocycles. The van der Waals surface area contributed by atoms with Gasteiger partial charge in [0.05, 0.1) is 12.8 Å². The third kappa shape index (κ3) is 3.84. The van der Waals surface area contributed by atoms with Crippen LogP contribution in [0.5, 0.6) is 5.75 Å². The number of nitrogens with one attached hydrogen (secondary N) is 1. The van der Waals surface area contributed by atoms with Crippen molar-refractivity contribution in [2.75, 3.05) is 12.4 Å². The van der Waals surface area contributed by atoms with Gasteiger partial charge in [-0.2, -0.15) is 0 Å². The van der Waals surface area contributed by atoms with Gasteiger partial charge in [0.15, 0.2) is 5.58 Å². The molecule has 1 heterocycles. The second kappa shape index (κ2) is 8.40. The van der Waals surface area contributed by atoms with E-state index >= 15 is 0 Å². The number of nitrogens with zero attached hydrogens (tertiary/aromatic N) is 1. The Morgan fingerprint density at radius 3 is 2.25 bits per heavy atom. The lowest BCUT2D eigenvalue weighted by molar-refractivity contribution is 0.102. The molecule has 156 valence electrons. The number of amides is 1. The van der Waals surface area contributed by atoms with Gasteiger partial charge in [-0.05, 0) is 53.6 Å². The molecule has 5 aromatic rings. The van der Waals surface area contributed by atoms with Gasteiger partial charge in [-0.1, -0.05) is 54.6 Å². The number of carbonyl (C=O) groups excluding carboxylic acids is 1. The lowest BCUT2D eigenvalue weighted by atomic mass is 10.0. The topological polar surface area (TPSA) is 64.4 Å². The summed E-state index contributed by atoms with van der Waals surface area (Å²) in [5.41, 5.74) is 5.50. The first-order chi connectivity index (χ1) is 15.7. The highest BCUT2D eigenvalue weighted by Crippen LogP contribution is 2.32. The summed E-state index contributed by atoms with van der Waals surface area (Å²) in [5.74, 6) is 0.813. The Labute approximate surface area is 185 Å². The number of methoxy groups -OCH3 is 1. The van der Waals surface area contributed by atoms with E-state index in [1.54, 1.807) is 19.2 Å². The van der Waals surface area contributed by atoms with E-state index in [2.05, 4.69) is 10.3 Å². The molecular formula is C27H20N2O3. The predicted octanol–water partition coefficient (Wildman–Crippen LogP) is 6.42. The van der Waals surface area contributed by atoms with Crippen molar-refractivity contribution in [2.45, 2.75) is 0 Å². The molecule has 0 saturated heterocycles. The summed E-state index contributed by atoms with van der Waals surface area (Å²) in [7, 11) is 1.57. The Kier molecular flexibility index (Phi) is 5.14. The lowest BCUT2D eigenvalue weighted by Gasteiger charge is -2.12. The van der Waals surface area contributed by atoms with E-state index in [0.717, 1.165) is 22.2 Å². The van der Waals surface area contributed by atoms with Crippen LogP contribution in [0, 0.1) is 0 Å². The van der Waals surface area contributed by atoms with Crippen molar-refractivity contribution in [1.82, 2.24) is 4.98 Å². The van der Waals surface area contributed by atoms with Crippen LogP contribution < -0.4 is 10.1 Å². The van der Waals surface area contributed by atoms with Crippen LogP contribution in [0.1, 0.15) is 10.4 Å². The Hall–Kier alpha value is -4.38. The van der Waals surface area contributed by atoms with Crippen LogP contribution in [-0.4, -0.2) is 18.0 Å². The van der Waals surface area contributed by atoms with Gasteiger partial charge in [0.1, 0.15) is 11.3 Å². The average Bonchev–Trinajstić information content (AvgIpc) is 3.29. The monoisotopic (exact) mass is 420 g/mol. The summed E-state index contributed by atoms with van der Waals surface area (Å²) < 4.78 is 11.3. The van der Waals surface area contributed by atoms with Crippen molar-refractivity contribution in [3.05, 3.63) is 103 Å². The molecular weight excluding hydrogens is 400 g/mol. The highest BCUT2D eigenvalue weighted by Gasteiger charge is 2.14. The largest absolute Gasteiger partial charge is 0.495 e. The second-order valence-corrected chi connectivity index (χ2v) is 7.30. The van der Waals surface area contributed by atoms with Gasteiger partial charge in [-0.25, -0.2) is 4.98 Å². The smallest absolute Gasteiger partial charge is 0.255 e. The van der Waals surface area contributed by atoms with E-state index < -0.39 is 0 Å². The fourth-order valence-electron chi connectivity index (χ4n) is 3.57. The van der Waals surface area contributed by atoms with Crippen LogP contribution in [-0.2, 0) is 0 Å². The third-order valence-electron chi connectivity index (χ3n) is 5.24. The molecule has 0 radical (unpaired) electrons. The number of hydrogen-bond acceptors (Lipinski definition) is 4. The normalized spacial score (nSPS) is 10.8. The molecule has 0 aliphatic rings. The van der Waals surface area contributed by atoms with E-state index in [1.807, 2.05) is 84.9 Å². The molecule has 1 aromatic heterocycles. The van der Waals surface area contributed by atoms with Gasteiger partial charge < -0.3 is 14.5 Å². The Balaban J connectivity index is 1.41. The Morgan fingerprint density at radius 2 is 1.50 bits per heavy atom. The van der Waals surface area contributed by atoms with E-state index in [0.29, 0.717) is 28.5 Å². The number of ether oxygens (including phenoxy) is 1. The highest BCUT2D eigenvalue weighted by atomic mass is 16.5. The van der Waals surface area contributed by atoms with Crippen LogP contribution in [0.25, 0.3) is 33.7 Å². The maximum atomic E-state index is 12.9. The summed E-state index contributed by atoms with van der Waals surface area (Å²) in [6.45, 7) is 0. The molecule has 5 heteroatoms. The van der Waals surface area contributed by atoms with E-state index in [-0.39, 0.29) is 5.91 Å². The number of benzene rings is 4. The number of para-hydroxylation sites is 2. The molecule has 0 atom stereocenters. The fourth-order valence-corrected chi connectivity index (χ4v) is 3.57. The standard InChI is InChI=1S/C27H20N2O3/c1-31-24-16-15-21(27-29-22-9-5-6-10-25(22)32-27)17-23(24)28-26(30)20-13-11-19(12-14-20)18-7-3-2-4-8-18/h2-17H,1H3,(H,28,30). The summed E-state index contributed by atoms with van der Waals surface area (Å²) in [4.78, 5) is 17.4. The summed E-state index contributed by atoms with van der Waals surface area (Å²) in [5, 5.41) is 2.95. The van der Waals surface area contributed by atoms with Gasteiger partial charge >= 0.3 is 0 Å². The zero-order chi connectivity index (χ0) is 21.9. The SMILES string of the molecule is COc1ccc(-c2nc3ccccc3o2)cc1NC(=O)c1ccc(-c2ccccc2)cc1. The number of rotatable bonds is 5. The first-order valence-electron chi connectivity index (χ1n) is 10.2. The first-order valence-corrected chi connectivity index (χ1v) is 10.2. The van der Waals surface area contributed by atoms with Crippen LogP contribution in [0.15, 0.2) is 101 Å². The van der Waals surface area contributed by atoms with Crippen molar-refractivity contribution < 1.29 is 13.9 Å². The number of anilines is 1. The molecule has 5 nitrogen and oxygen atoms in total. The number of carbonyl (C=O) groups is 1. The summed E-state index contributed by atoms with van der Waals surface area (Å²) in [6, 6.07) is 30.6. The number of aromatic nitrogens is 1. The van der Waals surface area contributed by atoms with Crippen molar-refractivity contribution in [2.24, 2.45) is 0 Å². The molecule has 5 rings (SSSR count). The molecule has 0 fully saturated rings. The summed E-state index contributed by atoms with van der Waals surface area (Å²) >= 11 is 0. The maximum absolute atomic E-state index is 12.9. The lowest BCUT2D eigenvalue weighted by Crippen LogP contribution is -2.12. The van der Waals surface area contributed by atoms with Gasteiger partial charge in [0.25, 0.3) is 5.91 Å². The number of oxazole rings is 1. The molecule has 0 bridgehead atoms. The molecule has 0 unspecified atom stereocenters. The summed E-state index contributed by atoms with van der Waals surface area (Å²) in [6.07, 6.45) is 0. The van der Waals surface area contributed by atoms with Crippen molar-refractivity contribution in [3.8, 4) is 28.3 Å². The molecule has 0 spiro atoms. The van der Waals surface area contributed by atoms with E-state index in [4.69, 9.17) is 9.15 Å². The minimum absolute atomic E-state index is 0.224. The van der Waals surface area contributed by atoms with E-state index in [9.17, 15) is 4.79 Å². The maximum Gasteiger partial charge on any atom is 0.255 e. The Morgan fingerprint density at radius 1 is 0.812 bits per heavy atom. The van der Waals surface area contributed by atoms with Crippen LogP contribution in [0.3, 0.4) is 0 Å². The van der Waals surface area contributed by atoms with Crippen LogP contribution >= 0.6 is 0 Å².